The summed E-state index contributed by atoms with van der Waals surface area (Å²) in [5, 5.41) is 4.82. The van der Waals surface area contributed by atoms with Gasteiger partial charge in [-0.25, -0.2) is 0 Å². The molecule has 16 rings (SSSR count). The van der Waals surface area contributed by atoms with Crippen LogP contribution in [0.5, 0.6) is 0 Å². The molecule has 0 bridgehead atoms. The summed E-state index contributed by atoms with van der Waals surface area (Å²) in [6.45, 7) is 0. The topological polar surface area (TPSA) is 21.3 Å². The van der Waals surface area contributed by atoms with Crippen molar-refractivity contribution in [2.75, 3.05) is 4.90 Å². The summed E-state index contributed by atoms with van der Waals surface area (Å²) in [7, 11) is 0. The quantitative estimate of drug-likeness (QED) is 0.159. The minimum atomic E-state index is -0.518. The van der Waals surface area contributed by atoms with Gasteiger partial charge < -0.3 is 13.9 Å². The number of furan rings is 1. The van der Waals surface area contributed by atoms with Crippen LogP contribution in [0.25, 0.3) is 105 Å². The second-order valence-electron chi connectivity index (χ2n) is 20.3. The standard InChI is InChI=1S/C73H46N2O/c1-3-17-47(18-4-1)48-33-38-53(39-34-48)74(54-40-35-49(36-41-54)50-37-43-67-61(46-50)57-23-9-13-31-66(57)75(67)52-20-5-2-6-21-52)55-22-15-19-51(45-55)56-27-16-30-64-70(56)58-24-7-11-28-62(58)73(64)63-29-12-8-25-59(63)71-65(73)42-44-69-72(71)60-26-10-14-32-68(60)76-69/h1-46H. The van der Waals surface area contributed by atoms with Gasteiger partial charge in [-0.05, 0) is 157 Å². The monoisotopic (exact) mass is 966 g/mol. The fraction of sp³-hybridized carbons (Fsp3) is 0.0137. The van der Waals surface area contributed by atoms with Crippen LogP contribution in [-0.2, 0) is 5.41 Å². The van der Waals surface area contributed by atoms with Gasteiger partial charge in [-0.2, -0.15) is 0 Å². The van der Waals surface area contributed by atoms with Crippen LogP contribution in [0, 0.1) is 0 Å². The molecule has 0 fully saturated rings. The molecule has 2 aromatic heterocycles. The molecule has 0 radical (unpaired) electrons. The number of hydrogen-bond donors (Lipinski definition) is 0. The summed E-state index contributed by atoms with van der Waals surface area (Å²) in [6, 6.07) is 102. The molecule has 1 spiro atoms. The number of benzene rings is 12. The third-order valence-electron chi connectivity index (χ3n) is 16.4. The molecule has 3 heteroatoms. The van der Waals surface area contributed by atoms with E-state index in [9.17, 15) is 0 Å². The van der Waals surface area contributed by atoms with Gasteiger partial charge in [0, 0.05) is 44.3 Å². The lowest BCUT2D eigenvalue weighted by Crippen LogP contribution is -2.25. The molecule has 3 nitrogen and oxygen atoms in total. The molecule has 76 heavy (non-hydrogen) atoms. The van der Waals surface area contributed by atoms with E-state index in [2.05, 4.69) is 289 Å². The first kappa shape index (κ1) is 42.5. The van der Waals surface area contributed by atoms with Crippen LogP contribution in [0.15, 0.2) is 283 Å². The van der Waals surface area contributed by atoms with E-state index in [1.807, 2.05) is 0 Å². The summed E-state index contributed by atoms with van der Waals surface area (Å²) in [5.74, 6) is 0. The van der Waals surface area contributed by atoms with Crippen molar-refractivity contribution in [3.05, 3.63) is 301 Å². The molecule has 2 aliphatic carbocycles. The Morgan fingerprint density at radius 2 is 0.842 bits per heavy atom. The molecule has 0 saturated carbocycles. The molecule has 12 aromatic carbocycles. The highest BCUT2D eigenvalue weighted by Crippen LogP contribution is 2.65. The van der Waals surface area contributed by atoms with E-state index >= 15 is 0 Å². The minimum absolute atomic E-state index is 0.518. The smallest absolute Gasteiger partial charge is 0.136 e. The van der Waals surface area contributed by atoms with Crippen molar-refractivity contribution in [3.63, 3.8) is 0 Å². The summed E-state index contributed by atoms with van der Waals surface area (Å²) >= 11 is 0. The Morgan fingerprint density at radius 1 is 0.303 bits per heavy atom. The SMILES string of the molecule is c1ccc(-c2ccc(N(c3ccc(-c4ccc5c(c4)c4ccccc4n5-c4ccccc4)cc3)c3cccc(-c4cccc5c4-c4ccccc4C54c5ccccc5-c5c4ccc4oc6ccccc6c54)c3)cc2)cc1. The zero-order valence-electron chi connectivity index (χ0n) is 41.4. The van der Waals surface area contributed by atoms with E-state index < -0.39 is 5.41 Å². The second-order valence-corrected chi connectivity index (χ2v) is 20.3. The number of rotatable bonds is 7. The summed E-state index contributed by atoms with van der Waals surface area (Å²) in [4.78, 5) is 2.40. The Hall–Kier alpha value is -9.96. The normalized spacial score (nSPS) is 14.1. The highest BCUT2D eigenvalue weighted by atomic mass is 16.3. The van der Waals surface area contributed by atoms with Crippen molar-refractivity contribution in [2.45, 2.75) is 5.41 Å². The summed E-state index contributed by atoms with van der Waals surface area (Å²) < 4.78 is 8.92. The fourth-order valence-electron chi connectivity index (χ4n) is 13.2. The van der Waals surface area contributed by atoms with E-state index in [0.717, 1.165) is 44.9 Å². The maximum absolute atomic E-state index is 6.54. The Morgan fingerprint density at radius 3 is 1.61 bits per heavy atom. The average Bonchev–Trinajstić information content (AvgIpc) is 4.42. The number of hydrogen-bond acceptors (Lipinski definition) is 2. The lowest BCUT2D eigenvalue weighted by atomic mass is 9.70. The first-order valence-corrected chi connectivity index (χ1v) is 26.2. The van der Waals surface area contributed by atoms with Gasteiger partial charge in [0.15, 0.2) is 0 Å². The Balaban J connectivity index is 0.842. The number of para-hydroxylation sites is 3. The van der Waals surface area contributed by atoms with Crippen molar-refractivity contribution in [2.24, 2.45) is 0 Å². The molecule has 2 aliphatic rings. The van der Waals surface area contributed by atoms with Crippen molar-refractivity contribution in [1.82, 2.24) is 4.57 Å². The van der Waals surface area contributed by atoms with Crippen LogP contribution >= 0.6 is 0 Å². The molecule has 0 N–H and O–H groups in total. The van der Waals surface area contributed by atoms with Crippen LogP contribution < -0.4 is 4.90 Å². The second kappa shape index (κ2) is 16.5. The molecule has 1 atom stereocenters. The Bertz CT molecular complexity index is 4620. The van der Waals surface area contributed by atoms with Crippen LogP contribution in [0.1, 0.15) is 22.3 Å². The van der Waals surface area contributed by atoms with Gasteiger partial charge in [0.1, 0.15) is 11.2 Å². The van der Waals surface area contributed by atoms with Crippen molar-refractivity contribution >= 4 is 60.8 Å². The van der Waals surface area contributed by atoms with Gasteiger partial charge in [-0.1, -0.05) is 200 Å². The van der Waals surface area contributed by atoms with Gasteiger partial charge in [0.2, 0.25) is 0 Å². The third-order valence-corrected chi connectivity index (χ3v) is 16.4. The van der Waals surface area contributed by atoms with Gasteiger partial charge in [0.05, 0.1) is 16.4 Å². The molecule has 2 heterocycles. The number of fused-ring (bicyclic) bond motifs is 17. The number of nitrogens with zero attached hydrogens (tertiary/aromatic N) is 2. The van der Waals surface area contributed by atoms with Crippen LogP contribution in [0.3, 0.4) is 0 Å². The third kappa shape index (κ3) is 6.11. The predicted molar refractivity (Wildman–Crippen MR) is 315 cm³/mol. The molecule has 0 aliphatic heterocycles. The zero-order chi connectivity index (χ0) is 49.9. The molecular formula is C73H46N2O. The average molecular weight is 967 g/mol. The number of aromatic nitrogens is 1. The van der Waals surface area contributed by atoms with Gasteiger partial charge in [-0.15, -0.1) is 0 Å². The van der Waals surface area contributed by atoms with Crippen molar-refractivity contribution in [3.8, 4) is 61.3 Å². The van der Waals surface area contributed by atoms with Crippen molar-refractivity contribution < 1.29 is 4.42 Å². The molecule has 14 aromatic rings. The lowest BCUT2D eigenvalue weighted by Gasteiger charge is -2.30. The van der Waals surface area contributed by atoms with E-state index in [4.69, 9.17) is 4.42 Å². The van der Waals surface area contributed by atoms with E-state index in [1.165, 1.54) is 99.5 Å². The van der Waals surface area contributed by atoms with Gasteiger partial charge in [0.25, 0.3) is 0 Å². The Labute approximate surface area is 440 Å². The van der Waals surface area contributed by atoms with Crippen LogP contribution in [0.2, 0.25) is 0 Å². The van der Waals surface area contributed by atoms with Crippen LogP contribution in [0.4, 0.5) is 17.1 Å². The minimum Gasteiger partial charge on any atom is -0.456 e. The molecule has 1 unspecified atom stereocenters. The van der Waals surface area contributed by atoms with Gasteiger partial charge in [-0.3, -0.25) is 0 Å². The van der Waals surface area contributed by atoms with Crippen molar-refractivity contribution in [1.29, 1.82) is 0 Å². The van der Waals surface area contributed by atoms with Gasteiger partial charge >= 0.3 is 0 Å². The highest BCUT2D eigenvalue weighted by Gasteiger charge is 2.52. The first-order valence-electron chi connectivity index (χ1n) is 26.2. The molecule has 354 valence electrons. The maximum atomic E-state index is 6.54. The molecule has 0 amide bonds. The summed E-state index contributed by atoms with van der Waals surface area (Å²) in [6.07, 6.45) is 0. The molecular weight excluding hydrogens is 921 g/mol. The zero-order valence-corrected chi connectivity index (χ0v) is 41.4. The first-order chi connectivity index (χ1) is 37.7. The van der Waals surface area contributed by atoms with E-state index in [1.54, 1.807) is 0 Å². The van der Waals surface area contributed by atoms with E-state index in [0.29, 0.717) is 0 Å². The number of anilines is 3. The Kier molecular flexibility index (Phi) is 9.25. The van der Waals surface area contributed by atoms with E-state index in [-0.39, 0.29) is 0 Å². The van der Waals surface area contributed by atoms with Crippen LogP contribution in [-0.4, -0.2) is 4.57 Å². The fourth-order valence-corrected chi connectivity index (χ4v) is 13.2. The largest absolute Gasteiger partial charge is 0.456 e. The molecule has 0 saturated heterocycles. The summed E-state index contributed by atoms with van der Waals surface area (Å²) in [5.41, 5.74) is 25.5. The maximum Gasteiger partial charge on any atom is 0.136 e. The highest BCUT2D eigenvalue weighted by molar-refractivity contribution is 6.17. The lowest BCUT2D eigenvalue weighted by molar-refractivity contribution is 0.668. The predicted octanol–water partition coefficient (Wildman–Crippen LogP) is 19.5.